The number of nitrogens with one attached hydrogen (secondary N) is 1. The number of rotatable bonds is 7. The number of hydrogen-bond acceptors (Lipinski definition) is 3. The highest BCUT2D eigenvalue weighted by atomic mass is 35.5. The van der Waals surface area contributed by atoms with Gasteiger partial charge in [-0.05, 0) is 55.0 Å². The lowest BCUT2D eigenvalue weighted by molar-refractivity contribution is -0.116. The Morgan fingerprint density at radius 3 is 2.19 bits per heavy atom. The number of halogens is 4. The molecule has 0 aliphatic carbocycles. The fourth-order valence-electron chi connectivity index (χ4n) is 2.86. The standard InChI is InChI=1S/C22H18Cl4N2O3S/c1-14-2-7-18(8-3-14)32(30,31)28(12-15-4-5-16(23)10-20(15)25)13-22(29)27-17-6-9-19(24)21(26)11-17/h2-11H,12-13H2,1H3,(H,27,29). The van der Waals surface area contributed by atoms with Gasteiger partial charge in [0.1, 0.15) is 0 Å². The number of sulfonamides is 1. The van der Waals surface area contributed by atoms with E-state index in [1.807, 2.05) is 6.92 Å². The van der Waals surface area contributed by atoms with Crippen molar-refractivity contribution < 1.29 is 13.2 Å². The highest BCUT2D eigenvalue weighted by molar-refractivity contribution is 7.89. The molecule has 1 amide bonds. The van der Waals surface area contributed by atoms with Crippen LogP contribution in [0.1, 0.15) is 11.1 Å². The van der Waals surface area contributed by atoms with Crippen molar-refractivity contribution in [2.24, 2.45) is 0 Å². The lowest BCUT2D eigenvalue weighted by Gasteiger charge is -2.23. The van der Waals surface area contributed by atoms with E-state index in [4.69, 9.17) is 46.4 Å². The van der Waals surface area contributed by atoms with Gasteiger partial charge in [0.05, 0.1) is 21.5 Å². The SMILES string of the molecule is Cc1ccc(S(=O)(=O)N(CC(=O)Nc2ccc(Cl)c(Cl)c2)Cc2ccc(Cl)cc2Cl)cc1. The Labute approximate surface area is 206 Å². The lowest BCUT2D eigenvalue weighted by Crippen LogP contribution is -2.37. The first kappa shape index (κ1) is 24.8. The van der Waals surface area contributed by atoms with E-state index in [9.17, 15) is 13.2 Å². The minimum Gasteiger partial charge on any atom is -0.325 e. The molecule has 0 aliphatic heterocycles. The van der Waals surface area contributed by atoms with Gasteiger partial charge in [0.2, 0.25) is 15.9 Å². The van der Waals surface area contributed by atoms with E-state index in [-0.39, 0.29) is 16.5 Å². The van der Waals surface area contributed by atoms with Gasteiger partial charge >= 0.3 is 0 Å². The van der Waals surface area contributed by atoms with Crippen LogP contribution in [0.25, 0.3) is 0 Å². The molecule has 1 N–H and O–H groups in total. The van der Waals surface area contributed by atoms with E-state index in [0.717, 1.165) is 9.87 Å². The monoisotopic (exact) mass is 530 g/mol. The average Bonchev–Trinajstić information content (AvgIpc) is 2.72. The minimum atomic E-state index is -4.01. The van der Waals surface area contributed by atoms with Crippen LogP contribution in [-0.2, 0) is 21.4 Å². The molecule has 3 aromatic carbocycles. The highest BCUT2D eigenvalue weighted by Crippen LogP contribution is 2.27. The third kappa shape index (κ3) is 6.16. The summed E-state index contributed by atoms with van der Waals surface area (Å²) < 4.78 is 27.8. The van der Waals surface area contributed by atoms with Gasteiger partial charge in [0.15, 0.2) is 0 Å². The van der Waals surface area contributed by atoms with Crippen molar-refractivity contribution in [3.63, 3.8) is 0 Å². The van der Waals surface area contributed by atoms with Crippen LogP contribution >= 0.6 is 46.4 Å². The van der Waals surface area contributed by atoms with Gasteiger partial charge in [0.25, 0.3) is 0 Å². The van der Waals surface area contributed by atoms with E-state index < -0.39 is 22.5 Å². The molecule has 3 aromatic rings. The summed E-state index contributed by atoms with van der Waals surface area (Å²) in [5, 5.41) is 3.96. The molecule has 0 unspecified atom stereocenters. The summed E-state index contributed by atoms with van der Waals surface area (Å²) in [7, 11) is -4.01. The number of anilines is 1. The Hall–Kier alpha value is -1.80. The molecule has 0 bridgehead atoms. The number of benzene rings is 3. The zero-order valence-electron chi connectivity index (χ0n) is 16.8. The Kier molecular flexibility index (Phi) is 8.09. The van der Waals surface area contributed by atoms with Crippen LogP contribution in [0.2, 0.25) is 20.1 Å². The van der Waals surface area contributed by atoms with Gasteiger partial charge in [0, 0.05) is 22.3 Å². The third-order valence-electron chi connectivity index (χ3n) is 4.54. The maximum atomic E-state index is 13.4. The Bertz CT molecular complexity index is 1250. The predicted octanol–water partition coefficient (Wildman–Crippen LogP) is 6.44. The molecule has 32 heavy (non-hydrogen) atoms. The predicted molar refractivity (Wildman–Crippen MR) is 130 cm³/mol. The van der Waals surface area contributed by atoms with Gasteiger partial charge < -0.3 is 5.32 Å². The first-order chi connectivity index (χ1) is 15.1. The number of hydrogen-bond donors (Lipinski definition) is 1. The normalized spacial score (nSPS) is 11.6. The Morgan fingerprint density at radius 1 is 0.875 bits per heavy atom. The second kappa shape index (κ2) is 10.4. The molecular formula is C22H18Cl4N2O3S. The summed E-state index contributed by atoms with van der Waals surface area (Å²) >= 11 is 24.1. The maximum absolute atomic E-state index is 13.4. The van der Waals surface area contributed by atoms with Gasteiger partial charge in [-0.2, -0.15) is 4.31 Å². The summed E-state index contributed by atoms with van der Waals surface area (Å²) in [6.45, 7) is 1.28. The molecule has 0 heterocycles. The van der Waals surface area contributed by atoms with E-state index in [0.29, 0.717) is 26.3 Å². The average molecular weight is 532 g/mol. The molecular weight excluding hydrogens is 514 g/mol. The van der Waals surface area contributed by atoms with E-state index in [1.54, 1.807) is 30.3 Å². The number of amides is 1. The molecule has 0 fully saturated rings. The van der Waals surface area contributed by atoms with Crippen molar-refractivity contribution >= 4 is 68.0 Å². The summed E-state index contributed by atoms with van der Waals surface area (Å²) in [4.78, 5) is 12.8. The van der Waals surface area contributed by atoms with Gasteiger partial charge in [-0.15, -0.1) is 0 Å². The van der Waals surface area contributed by atoms with Gasteiger partial charge in [-0.25, -0.2) is 8.42 Å². The molecule has 0 saturated heterocycles. The fourth-order valence-corrected chi connectivity index (χ4v) is 5.00. The molecule has 168 valence electrons. The first-order valence-corrected chi connectivity index (χ1v) is 12.3. The second-order valence-electron chi connectivity index (χ2n) is 7.00. The molecule has 0 atom stereocenters. The van der Waals surface area contributed by atoms with Crippen LogP contribution < -0.4 is 5.32 Å². The highest BCUT2D eigenvalue weighted by Gasteiger charge is 2.27. The quantitative estimate of drug-likeness (QED) is 0.381. The molecule has 0 aromatic heterocycles. The van der Waals surface area contributed by atoms with Crippen LogP contribution in [0.3, 0.4) is 0 Å². The van der Waals surface area contributed by atoms with Crippen molar-refractivity contribution in [3.8, 4) is 0 Å². The van der Waals surface area contributed by atoms with Crippen LogP contribution in [0.4, 0.5) is 5.69 Å². The Morgan fingerprint density at radius 2 is 1.56 bits per heavy atom. The number of carbonyl (C=O) groups is 1. The van der Waals surface area contributed by atoms with Crippen molar-refractivity contribution in [1.29, 1.82) is 0 Å². The molecule has 3 rings (SSSR count). The Balaban J connectivity index is 1.91. The molecule has 0 aliphatic rings. The molecule has 10 heteroatoms. The van der Waals surface area contributed by atoms with E-state index in [1.165, 1.54) is 30.3 Å². The largest absolute Gasteiger partial charge is 0.325 e. The van der Waals surface area contributed by atoms with Crippen LogP contribution in [0, 0.1) is 6.92 Å². The van der Waals surface area contributed by atoms with Crippen molar-refractivity contribution in [3.05, 3.63) is 91.9 Å². The first-order valence-electron chi connectivity index (χ1n) is 9.32. The van der Waals surface area contributed by atoms with Crippen LogP contribution in [0.15, 0.2) is 65.6 Å². The summed E-state index contributed by atoms with van der Waals surface area (Å²) in [6, 6.07) is 15.7. The van der Waals surface area contributed by atoms with Crippen LogP contribution in [0.5, 0.6) is 0 Å². The molecule has 0 saturated carbocycles. The molecule has 5 nitrogen and oxygen atoms in total. The summed E-state index contributed by atoms with van der Waals surface area (Å²) in [5.41, 5.74) is 1.81. The van der Waals surface area contributed by atoms with E-state index >= 15 is 0 Å². The zero-order valence-corrected chi connectivity index (χ0v) is 20.6. The molecule has 0 spiro atoms. The maximum Gasteiger partial charge on any atom is 0.243 e. The third-order valence-corrected chi connectivity index (χ3v) is 7.68. The number of aryl methyl sites for hydroxylation is 1. The van der Waals surface area contributed by atoms with Crippen molar-refractivity contribution in [1.82, 2.24) is 4.31 Å². The smallest absolute Gasteiger partial charge is 0.243 e. The van der Waals surface area contributed by atoms with Crippen molar-refractivity contribution in [2.75, 3.05) is 11.9 Å². The number of nitrogens with zero attached hydrogens (tertiary/aromatic N) is 1. The van der Waals surface area contributed by atoms with E-state index in [2.05, 4.69) is 5.32 Å². The van der Waals surface area contributed by atoms with Crippen molar-refractivity contribution in [2.45, 2.75) is 18.4 Å². The minimum absolute atomic E-state index is 0.0653. The van der Waals surface area contributed by atoms with Gasteiger partial charge in [-0.1, -0.05) is 70.2 Å². The fraction of sp³-hybridized carbons (Fsp3) is 0.136. The summed E-state index contributed by atoms with van der Waals surface area (Å²) in [5.74, 6) is -0.552. The number of carbonyl (C=O) groups excluding carboxylic acids is 1. The lowest BCUT2D eigenvalue weighted by atomic mass is 10.2. The molecule has 0 radical (unpaired) electrons. The van der Waals surface area contributed by atoms with Gasteiger partial charge in [-0.3, -0.25) is 4.79 Å². The zero-order chi connectivity index (χ0) is 23.5. The second-order valence-corrected chi connectivity index (χ2v) is 10.6. The topological polar surface area (TPSA) is 66.5 Å². The summed E-state index contributed by atoms with van der Waals surface area (Å²) in [6.07, 6.45) is 0. The van der Waals surface area contributed by atoms with Crippen LogP contribution in [-0.4, -0.2) is 25.2 Å².